The zero-order chi connectivity index (χ0) is 23.5. The lowest BCUT2D eigenvalue weighted by atomic mass is 9.87. The van der Waals surface area contributed by atoms with Gasteiger partial charge in [-0.25, -0.2) is 0 Å². The largest absolute Gasteiger partial charge is 0.310 e. The molecule has 0 spiro atoms. The maximum atomic E-state index is 3.58. The van der Waals surface area contributed by atoms with Gasteiger partial charge in [0.1, 0.15) is 0 Å². The third-order valence-corrected chi connectivity index (χ3v) is 7.30. The average molecular weight is 571 g/mol. The van der Waals surface area contributed by atoms with Crippen molar-refractivity contribution >= 4 is 48.9 Å². The molecule has 0 fully saturated rings. The Labute approximate surface area is 218 Å². The standard InChI is InChI=1S/C31H25Br2N/c1-22-7-3-2-4-8-23-9-5-6-10-29(23)30-20-19-28(21-31(22)30)34(26-15-11-24(32)12-16-26)27-17-13-25(33)14-18-27/h2-7,9-22H,8H2,1H3/b4-2-,7-3-. The van der Waals surface area contributed by atoms with Gasteiger partial charge in [0.2, 0.25) is 0 Å². The number of nitrogens with zero attached hydrogens (tertiary/aromatic N) is 1. The van der Waals surface area contributed by atoms with Crippen molar-refractivity contribution in [1.29, 1.82) is 0 Å². The summed E-state index contributed by atoms with van der Waals surface area (Å²) in [7, 11) is 0. The van der Waals surface area contributed by atoms with Crippen molar-refractivity contribution in [2.75, 3.05) is 4.90 Å². The molecule has 5 rings (SSSR count). The van der Waals surface area contributed by atoms with Crippen LogP contribution in [0.2, 0.25) is 0 Å². The summed E-state index contributed by atoms with van der Waals surface area (Å²) in [6.45, 7) is 2.28. The van der Waals surface area contributed by atoms with Crippen LogP contribution < -0.4 is 4.90 Å². The van der Waals surface area contributed by atoms with Crippen molar-refractivity contribution in [3.63, 3.8) is 0 Å². The number of benzene rings is 4. The van der Waals surface area contributed by atoms with E-state index in [-0.39, 0.29) is 5.92 Å². The van der Waals surface area contributed by atoms with Crippen LogP contribution in [0.15, 0.2) is 124 Å². The average Bonchev–Trinajstić information content (AvgIpc) is 2.86. The van der Waals surface area contributed by atoms with Gasteiger partial charge in [-0.15, -0.1) is 0 Å². The van der Waals surface area contributed by atoms with E-state index in [4.69, 9.17) is 0 Å². The number of hydrogen-bond donors (Lipinski definition) is 0. The van der Waals surface area contributed by atoms with Gasteiger partial charge < -0.3 is 4.90 Å². The van der Waals surface area contributed by atoms with Crippen LogP contribution in [0.3, 0.4) is 0 Å². The zero-order valence-electron chi connectivity index (χ0n) is 19.0. The minimum absolute atomic E-state index is 0.280. The van der Waals surface area contributed by atoms with E-state index in [1.807, 2.05) is 0 Å². The lowest BCUT2D eigenvalue weighted by Crippen LogP contribution is -2.11. The van der Waals surface area contributed by atoms with Gasteiger partial charge in [0.15, 0.2) is 0 Å². The molecule has 4 aromatic rings. The summed E-state index contributed by atoms with van der Waals surface area (Å²) < 4.78 is 2.14. The first-order valence-corrected chi connectivity index (χ1v) is 13.1. The van der Waals surface area contributed by atoms with Crippen LogP contribution in [0, 0.1) is 0 Å². The molecule has 1 unspecified atom stereocenters. The van der Waals surface area contributed by atoms with Crippen molar-refractivity contribution in [3.05, 3.63) is 135 Å². The fraction of sp³-hybridized carbons (Fsp3) is 0.0968. The highest BCUT2D eigenvalue weighted by Gasteiger charge is 2.18. The number of fused-ring (bicyclic) bond motifs is 3. The van der Waals surface area contributed by atoms with E-state index in [2.05, 4.69) is 159 Å². The molecular formula is C31H25Br2N. The highest BCUT2D eigenvalue weighted by Crippen LogP contribution is 2.41. The summed E-state index contributed by atoms with van der Waals surface area (Å²) in [4.78, 5) is 2.32. The highest BCUT2D eigenvalue weighted by molar-refractivity contribution is 9.10. The fourth-order valence-electron chi connectivity index (χ4n) is 4.51. The lowest BCUT2D eigenvalue weighted by Gasteiger charge is -2.28. The number of anilines is 3. The van der Waals surface area contributed by atoms with Gasteiger partial charge in [-0.1, -0.05) is 93.4 Å². The number of rotatable bonds is 3. The van der Waals surface area contributed by atoms with Crippen molar-refractivity contribution in [2.45, 2.75) is 19.3 Å². The zero-order valence-corrected chi connectivity index (χ0v) is 22.1. The summed E-state index contributed by atoms with van der Waals surface area (Å²) in [5, 5.41) is 0. The van der Waals surface area contributed by atoms with Crippen LogP contribution in [0.5, 0.6) is 0 Å². The van der Waals surface area contributed by atoms with Gasteiger partial charge in [0.05, 0.1) is 0 Å². The number of hydrogen-bond acceptors (Lipinski definition) is 1. The first kappa shape index (κ1) is 22.9. The van der Waals surface area contributed by atoms with Crippen molar-refractivity contribution in [1.82, 2.24) is 0 Å². The Morgan fingerprint density at radius 1 is 0.676 bits per heavy atom. The van der Waals surface area contributed by atoms with Gasteiger partial charge in [-0.05, 0) is 95.3 Å². The third-order valence-electron chi connectivity index (χ3n) is 6.25. The molecule has 168 valence electrons. The predicted molar refractivity (Wildman–Crippen MR) is 152 cm³/mol. The molecule has 0 aliphatic heterocycles. The lowest BCUT2D eigenvalue weighted by molar-refractivity contribution is 0.967. The molecule has 0 N–H and O–H groups in total. The molecule has 0 heterocycles. The number of halogens is 2. The molecule has 0 saturated heterocycles. The van der Waals surface area contributed by atoms with Crippen LogP contribution in [0.25, 0.3) is 11.1 Å². The van der Waals surface area contributed by atoms with Gasteiger partial charge in [0, 0.05) is 26.0 Å². The Bertz CT molecular complexity index is 1310. The molecule has 1 aliphatic rings. The van der Waals surface area contributed by atoms with Crippen LogP contribution in [0.4, 0.5) is 17.1 Å². The monoisotopic (exact) mass is 569 g/mol. The maximum Gasteiger partial charge on any atom is 0.0465 e. The molecule has 3 heteroatoms. The van der Waals surface area contributed by atoms with Crippen molar-refractivity contribution in [3.8, 4) is 11.1 Å². The van der Waals surface area contributed by atoms with Crippen LogP contribution >= 0.6 is 31.9 Å². The Hall–Kier alpha value is -2.88. The smallest absolute Gasteiger partial charge is 0.0465 e. The molecule has 0 saturated carbocycles. The predicted octanol–water partition coefficient (Wildman–Crippen LogP) is 10.1. The van der Waals surface area contributed by atoms with Crippen molar-refractivity contribution in [2.24, 2.45) is 0 Å². The van der Waals surface area contributed by atoms with E-state index >= 15 is 0 Å². The summed E-state index contributed by atoms with van der Waals surface area (Å²) in [6, 6.07) is 32.7. The molecule has 34 heavy (non-hydrogen) atoms. The quantitative estimate of drug-likeness (QED) is 0.237. The second-order valence-corrected chi connectivity index (χ2v) is 10.4. The number of allylic oxidation sites excluding steroid dienone is 4. The van der Waals surface area contributed by atoms with E-state index in [0.717, 1.165) is 32.4 Å². The SMILES string of the molecule is CC1/C=C\C=C/Cc2ccccc2-c2ccc(N(c3ccc(Br)cc3)c3ccc(Br)cc3)cc21. The highest BCUT2D eigenvalue weighted by atomic mass is 79.9. The Balaban J connectivity index is 1.70. The van der Waals surface area contributed by atoms with Crippen LogP contribution in [-0.2, 0) is 6.42 Å². The second-order valence-electron chi connectivity index (χ2n) is 8.52. The van der Waals surface area contributed by atoms with E-state index in [9.17, 15) is 0 Å². The summed E-state index contributed by atoms with van der Waals surface area (Å²) in [5.74, 6) is 0.280. The topological polar surface area (TPSA) is 3.24 Å². The molecule has 4 aromatic carbocycles. The summed E-state index contributed by atoms with van der Waals surface area (Å²) >= 11 is 7.16. The minimum atomic E-state index is 0.280. The van der Waals surface area contributed by atoms with E-state index in [0.29, 0.717) is 0 Å². The van der Waals surface area contributed by atoms with Gasteiger partial charge in [0.25, 0.3) is 0 Å². The van der Waals surface area contributed by atoms with Crippen LogP contribution in [0.1, 0.15) is 24.0 Å². The van der Waals surface area contributed by atoms with Crippen LogP contribution in [-0.4, -0.2) is 0 Å². The maximum absolute atomic E-state index is 3.58. The van der Waals surface area contributed by atoms with E-state index < -0.39 is 0 Å². The molecule has 0 radical (unpaired) electrons. The first-order valence-electron chi connectivity index (χ1n) is 11.5. The molecular weight excluding hydrogens is 546 g/mol. The third kappa shape index (κ3) is 4.82. The second kappa shape index (κ2) is 10.2. The van der Waals surface area contributed by atoms with E-state index in [1.54, 1.807) is 0 Å². The Kier molecular flexibility index (Phi) is 6.85. The molecule has 0 bridgehead atoms. The van der Waals surface area contributed by atoms with Crippen molar-refractivity contribution < 1.29 is 0 Å². The van der Waals surface area contributed by atoms with Gasteiger partial charge >= 0.3 is 0 Å². The van der Waals surface area contributed by atoms with Gasteiger partial charge in [-0.3, -0.25) is 0 Å². The summed E-state index contributed by atoms with van der Waals surface area (Å²) in [5.41, 5.74) is 8.69. The fourth-order valence-corrected chi connectivity index (χ4v) is 5.04. The Morgan fingerprint density at radius 3 is 1.97 bits per heavy atom. The molecule has 1 aliphatic carbocycles. The minimum Gasteiger partial charge on any atom is -0.310 e. The molecule has 1 nitrogen and oxygen atoms in total. The van der Waals surface area contributed by atoms with E-state index in [1.165, 1.54) is 22.3 Å². The molecule has 1 atom stereocenters. The normalized spacial score (nSPS) is 16.7. The molecule has 0 amide bonds. The first-order chi connectivity index (χ1) is 16.6. The van der Waals surface area contributed by atoms with Gasteiger partial charge in [-0.2, -0.15) is 0 Å². The molecule has 0 aromatic heterocycles. The summed E-state index contributed by atoms with van der Waals surface area (Å²) in [6.07, 6.45) is 9.80. The Morgan fingerprint density at radius 2 is 1.29 bits per heavy atom.